The molecule has 0 aliphatic heterocycles. The molecule has 94 valence electrons. The highest BCUT2D eigenvalue weighted by Crippen LogP contribution is 2.33. The highest BCUT2D eigenvalue weighted by Gasteiger charge is 2.24. The Hall–Kier alpha value is -1.51. The van der Waals surface area contributed by atoms with Crippen molar-refractivity contribution in [2.45, 2.75) is 33.6 Å². The molecule has 0 aliphatic rings. The Labute approximate surface area is 102 Å². The predicted molar refractivity (Wildman–Crippen MR) is 67.7 cm³/mol. The predicted octanol–water partition coefficient (Wildman–Crippen LogP) is 3.14. The lowest BCUT2D eigenvalue weighted by molar-refractivity contribution is -0.141. The molecule has 0 spiro atoms. The van der Waals surface area contributed by atoms with Crippen LogP contribution in [-0.4, -0.2) is 18.2 Å². The molecule has 17 heavy (non-hydrogen) atoms. The Morgan fingerprint density at radius 2 is 1.76 bits per heavy atom. The van der Waals surface area contributed by atoms with Crippen LogP contribution in [0.3, 0.4) is 0 Å². The van der Waals surface area contributed by atoms with Crippen LogP contribution in [-0.2, 0) is 4.79 Å². The molecule has 0 aromatic heterocycles. The van der Waals surface area contributed by atoms with Gasteiger partial charge in [0.1, 0.15) is 5.75 Å². The van der Waals surface area contributed by atoms with Gasteiger partial charge in [0, 0.05) is 0 Å². The van der Waals surface area contributed by atoms with Crippen LogP contribution in [0.25, 0.3) is 0 Å². The Morgan fingerprint density at radius 1 is 1.24 bits per heavy atom. The van der Waals surface area contributed by atoms with Crippen molar-refractivity contribution in [1.82, 2.24) is 0 Å². The summed E-state index contributed by atoms with van der Waals surface area (Å²) in [5.74, 6) is -0.501. The molecule has 0 heterocycles. The summed E-state index contributed by atoms with van der Waals surface area (Å²) in [6.45, 7) is 7.69. The Morgan fingerprint density at radius 3 is 2.24 bits per heavy atom. The van der Waals surface area contributed by atoms with Crippen LogP contribution in [0, 0.1) is 19.8 Å². The maximum absolute atomic E-state index is 11.0. The zero-order chi connectivity index (χ0) is 13.2. The first-order valence-corrected chi connectivity index (χ1v) is 5.76. The van der Waals surface area contributed by atoms with E-state index in [0.29, 0.717) is 0 Å². The number of ether oxygens (including phenoxy) is 1. The van der Waals surface area contributed by atoms with E-state index in [9.17, 15) is 4.79 Å². The lowest BCUT2D eigenvalue weighted by Gasteiger charge is -2.20. The summed E-state index contributed by atoms with van der Waals surface area (Å²) in [5, 5.41) is 9.06. The van der Waals surface area contributed by atoms with Gasteiger partial charge in [-0.2, -0.15) is 0 Å². The quantitative estimate of drug-likeness (QED) is 0.873. The molecule has 0 aliphatic carbocycles. The summed E-state index contributed by atoms with van der Waals surface area (Å²) in [4.78, 5) is 11.0. The van der Waals surface area contributed by atoms with Gasteiger partial charge in [0.25, 0.3) is 0 Å². The Balaban J connectivity index is 3.20. The minimum atomic E-state index is -0.780. The smallest absolute Gasteiger partial charge is 0.306 e. The van der Waals surface area contributed by atoms with Crippen molar-refractivity contribution >= 4 is 5.97 Å². The second-order valence-corrected chi connectivity index (χ2v) is 4.59. The molecule has 0 bridgehead atoms. The fourth-order valence-electron chi connectivity index (χ4n) is 1.83. The first-order valence-electron chi connectivity index (χ1n) is 5.76. The van der Waals surface area contributed by atoms with E-state index in [0.717, 1.165) is 22.4 Å². The van der Waals surface area contributed by atoms with Gasteiger partial charge in [-0.25, -0.2) is 0 Å². The Bertz CT molecular complexity index is 424. The van der Waals surface area contributed by atoms with Crippen LogP contribution >= 0.6 is 0 Å². The third-order valence-corrected chi connectivity index (χ3v) is 3.48. The summed E-state index contributed by atoms with van der Waals surface area (Å²) in [6, 6.07) is 3.99. The molecular formula is C14H20O3. The standard InChI is InChI=1S/C14H20O3/c1-8-6-12(10(3)11(4)14(15)16)13(17-5)7-9(8)2/h6-7,10-11H,1-5H3,(H,15,16). The van der Waals surface area contributed by atoms with Gasteiger partial charge >= 0.3 is 5.97 Å². The van der Waals surface area contributed by atoms with Gasteiger partial charge in [0.2, 0.25) is 0 Å². The second-order valence-electron chi connectivity index (χ2n) is 4.59. The zero-order valence-corrected chi connectivity index (χ0v) is 11.1. The topological polar surface area (TPSA) is 46.5 Å². The van der Waals surface area contributed by atoms with Crippen LogP contribution in [0.5, 0.6) is 5.75 Å². The lowest BCUT2D eigenvalue weighted by Crippen LogP contribution is -2.17. The van der Waals surface area contributed by atoms with Crippen molar-refractivity contribution in [3.8, 4) is 5.75 Å². The van der Waals surface area contributed by atoms with Crippen LogP contribution in [0.2, 0.25) is 0 Å². The van der Waals surface area contributed by atoms with Crippen molar-refractivity contribution in [2.75, 3.05) is 7.11 Å². The summed E-state index contributed by atoms with van der Waals surface area (Å²) < 4.78 is 5.34. The molecule has 0 saturated heterocycles. The van der Waals surface area contributed by atoms with Gasteiger partial charge in [-0.1, -0.05) is 19.9 Å². The molecule has 2 atom stereocenters. The molecule has 1 aromatic carbocycles. The van der Waals surface area contributed by atoms with E-state index < -0.39 is 11.9 Å². The molecule has 1 rings (SSSR count). The van der Waals surface area contributed by atoms with Crippen molar-refractivity contribution in [3.63, 3.8) is 0 Å². The maximum atomic E-state index is 11.0. The molecule has 1 aromatic rings. The van der Waals surface area contributed by atoms with Crippen LogP contribution in [0.4, 0.5) is 0 Å². The first-order chi connectivity index (χ1) is 7.88. The first kappa shape index (κ1) is 13.6. The van der Waals surface area contributed by atoms with Gasteiger partial charge in [-0.15, -0.1) is 0 Å². The van der Waals surface area contributed by atoms with E-state index in [1.807, 2.05) is 32.9 Å². The Kier molecular flexibility index (Phi) is 4.16. The van der Waals surface area contributed by atoms with Gasteiger partial charge < -0.3 is 9.84 Å². The third kappa shape index (κ3) is 2.78. The molecule has 3 heteroatoms. The van der Waals surface area contributed by atoms with Crippen molar-refractivity contribution in [3.05, 3.63) is 28.8 Å². The number of carboxylic acids is 1. The van der Waals surface area contributed by atoms with E-state index >= 15 is 0 Å². The summed E-state index contributed by atoms with van der Waals surface area (Å²) in [6.07, 6.45) is 0. The normalized spacial score (nSPS) is 14.2. The van der Waals surface area contributed by atoms with Gasteiger partial charge in [0.15, 0.2) is 0 Å². The molecule has 2 unspecified atom stereocenters. The molecule has 1 N–H and O–H groups in total. The van der Waals surface area contributed by atoms with Gasteiger partial charge in [-0.05, 0) is 42.5 Å². The van der Waals surface area contributed by atoms with Crippen LogP contribution < -0.4 is 4.74 Å². The highest BCUT2D eigenvalue weighted by molar-refractivity contribution is 5.71. The van der Waals surface area contributed by atoms with Crippen molar-refractivity contribution < 1.29 is 14.6 Å². The molecule has 3 nitrogen and oxygen atoms in total. The van der Waals surface area contributed by atoms with E-state index in [4.69, 9.17) is 9.84 Å². The second kappa shape index (κ2) is 5.21. The summed E-state index contributed by atoms with van der Waals surface area (Å²) >= 11 is 0. The third-order valence-electron chi connectivity index (χ3n) is 3.48. The zero-order valence-electron chi connectivity index (χ0n) is 11.1. The number of benzene rings is 1. The number of hydrogen-bond donors (Lipinski definition) is 1. The molecule has 0 radical (unpaired) electrons. The molecule has 0 saturated carbocycles. The average Bonchev–Trinajstić information content (AvgIpc) is 2.29. The minimum Gasteiger partial charge on any atom is -0.496 e. The number of rotatable bonds is 4. The largest absolute Gasteiger partial charge is 0.496 e. The maximum Gasteiger partial charge on any atom is 0.306 e. The molecule has 0 fully saturated rings. The number of carboxylic acid groups (broad SMARTS) is 1. The van der Waals surface area contributed by atoms with Crippen molar-refractivity contribution in [2.24, 2.45) is 5.92 Å². The molecule has 0 amide bonds. The number of hydrogen-bond acceptors (Lipinski definition) is 2. The van der Waals surface area contributed by atoms with Crippen LogP contribution in [0.1, 0.15) is 36.5 Å². The number of aryl methyl sites for hydroxylation is 2. The molecular weight excluding hydrogens is 216 g/mol. The lowest BCUT2D eigenvalue weighted by atomic mass is 9.87. The van der Waals surface area contributed by atoms with E-state index in [1.165, 1.54) is 0 Å². The number of carbonyl (C=O) groups is 1. The van der Waals surface area contributed by atoms with Crippen LogP contribution in [0.15, 0.2) is 12.1 Å². The van der Waals surface area contributed by atoms with Gasteiger partial charge in [-0.3, -0.25) is 4.79 Å². The van der Waals surface area contributed by atoms with E-state index in [2.05, 4.69) is 0 Å². The number of aliphatic carboxylic acids is 1. The number of methoxy groups -OCH3 is 1. The minimum absolute atomic E-state index is 0.0678. The monoisotopic (exact) mass is 236 g/mol. The van der Waals surface area contributed by atoms with E-state index in [-0.39, 0.29) is 5.92 Å². The fourth-order valence-corrected chi connectivity index (χ4v) is 1.83. The van der Waals surface area contributed by atoms with Crippen molar-refractivity contribution in [1.29, 1.82) is 0 Å². The summed E-state index contributed by atoms with van der Waals surface area (Å²) in [5.41, 5.74) is 3.27. The average molecular weight is 236 g/mol. The fraction of sp³-hybridized carbons (Fsp3) is 0.500. The summed E-state index contributed by atoms with van der Waals surface area (Å²) in [7, 11) is 1.62. The van der Waals surface area contributed by atoms with E-state index in [1.54, 1.807) is 14.0 Å². The van der Waals surface area contributed by atoms with Gasteiger partial charge in [0.05, 0.1) is 13.0 Å². The highest BCUT2D eigenvalue weighted by atomic mass is 16.5. The SMILES string of the molecule is COc1cc(C)c(C)cc1C(C)C(C)C(=O)O.